The van der Waals surface area contributed by atoms with Gasteiger partial charge in [0.15, 0.2) is 0 Å². The van der Waals surface area contributed by atoms with E-state index in [-0.39, 0.29) is 11.4 Å². The molecule has 0 radical (unpaired) electrons. The topological polar surface area (TPSA) is 60.3 Å². The average Bonchev–Trinajstić information content (AvgIpc) is 3.53. The summed E-state index contributed by atoms with van der Waals surface area (Å²) < 4.78 is 7.75. The minimum Gasteiger partial charge on any atom is -0.306 e. The lowest BCUT2D eigenvalue weighted by Crippen LogP contribution is -2.39. The second-order valence-corrected chi connectivity index (χ2v) is 13.6. The Labute approximate surface area is 278 Å². The zero-order valence-corrected chi connectivity index (χ0v) is 28.6. The normalized spacial score (nSPS) is 19.2. The van der Waals surface area contributed by atoms with Gasteiger partial charge in [-0.15, -0.1) is 0 Å². The van der Waals surface area contributed by atoms with Crippen LogP contribution in [0.2, 0.25) is 0 Å². The SMILES string of the molecule is CCn1c(=O)n(CC2CCCN(C)C2)c2ccccc21.CCn1c(=O)n(CC2CCCN(CCc3ccccc3)C2)c2ccccc21. The molecule has 0 N–H and O–H groups in total. The van der Waals surface area contributed by atoms with Gasteiger partial charge in [-0.05, 0) is 108 Å². The van der Waals surface area contributed by atoms with Gasteiger partial charge in [-0.2, -0.15) is 0 Å². The number of rotatable bonds is 9. The molecule has 2 aliphatic heterocycles. The summed E-state index contributed by atoms with van der Waals surface area (Å²) in [6, 6.07) is 27.1. The van der Waals surface area contributed by atoms with Gasteiger partial charge in [-0.3, -0.25) is 18.3 Å². The second kappa shape index (κ2) is 15.3. The number of hydrogen-bond acceptors (Lipinski definition) is 4. The van der Waals surface area contributed by atoms with Crippen LogP contribution in [-0.4, -0.2) is 67.8 Å². The summed E-state index contributed by atoms with van der Waals surface area (Å²) in [6.07, 6.45) is 5.99. The number of aromatic nitrogens is 4. The number of piperidine rings is 2. The maximum Gasteiger partial charge on any atom is 0.329 e. The van der Waals surface area contributed by atoms with Crippen LogP contribution in [0.3, 0.4) is 0 Å². The molecule has 5 aromatic rings. The van der Waals surface area contributed by atoms with Crippen LogP contribution in [0.4, 0.5) is 0 Å². The maximum atomic E-state index is 12.9. The number of nitrogens with zero attached hydrogens (tertiary/aromatic N) is 6. The average molecular weight is 637 g/mol. The summed E-state index contributed by atoms with van der Waals surface area (Å²) in [7, 11) is 2.17. The van der Waals surface area contributed by atoms with E-state index in [1.807, 2.05) is 62.4 Å². The van der Waals surface area contributed by atoms with E-state index >= 15 is 0 Å². The number of imidazole rings is 2. The summed E-state index contributed by atoms with van der Waals surface area (Å²) in [5.74, 6) is 1.13. The smallest absolute Gasteiger partial charge is 0.306 e. The Balaban J connectivity index is 0.000000172. The number of benzene rings is 3. The molecule has 3 aromatic carbocycles. The largest absolute Gasteiger partial charge is 0.329 e. The zero-order valence-electron chi connectivity index (χ0n) is 28.6. The molecule has 2 unspecified atom stereocenters. The van der Waals surface area contributed by atoms with Gasteiger partial charge in [0.25, 0.3) is 0 Å². The highest BCUT2D eigenvalue weighted by atomic mass is 16.2. The van der Waals surface area contributed by atoms with Gasteiger partial charge >= 0.3 is 11.4 Å². The third kappa shape index (κ3) is 7.49. The van der Waals surface area contributed by atoms with Crippen molar-refractivity contribution >= 4 is 22.1 Å². The van der Waals surface area contributed by atoms with Crippen molar-refractivity contribution in [1.82, 2.24) is 28.1 Å². The van der Waals surface area contributed by atoms with E-state index in [9.17, 15) is 9.59 Å². The zero-order chi connectivity index (χ0) is 32.8. The summed E-state index contributed by atoms with van der Waals surface area (Å²) in [4.78, 5) is 30.4. The number of fused-ring (bicyclic) bond motifs is 2. The third-order valence-corrected chi connectivity index (χ3v) is 10.2. The van der Waals surface area contributed by atoms with Crippen LogP contribution in [0.15, 0.2) is 88.5 Å². The number of aryl methyl sites for hydroxylation is 2. The monoisotopic (exact) mass is 636 g/mol. The fourth-order valence-corrected chi connectivity index (χ4v) is 7.88. The maximum absolute atomic E-state index is 12.9. The molecular weight excluding hydrogens is 584 g/mol. The molecule has 4 heterocycles. The Morgan fingerprint density at radius 3 is 1.57 bits per heavy atom. The van der Waals surface area contributed by atoms with E-state index in [2.05, 4.69) is 65.4 Å². The first-order valence-electron chi connectivity index (χ1n) is 17.8. The first kappa shape index (κ1) is 33.0. The van der Waals surface area contributed by atoms with Crippen LogP contribution < -0.4 is 11.4 Å². The first-order chi connectivity index (χ1) is 23.0. The predicted molar refractivity (Wildman–Crippen MR) is 193 cm³/mol. The van der Waals surface area contributed by atoms with Crippen molar-refractivity contribution in [2.75, 3.05) is 39.8 Å². The summed E-state index contributed by atoms with van der Waals surface area (Å²) in [5, 5.41) is 0. The Kier molecular flexibility index (Phi) is 10.8. The lowest BCUT2D eigenvalue weighted by molar-refractivity contribution is 0.164. The van der Waals surface area contributed by atoms with Gasteiger partial charge in [0.1, 0.15) is 0 Å². The highest BCUT2D eigenvalue weighted by Crippen LogP contribution is 2.22. The van der Waals surface area contributed by atoms with E-state index in [0.717, 1.165) is 74.3 Å². The van der Waals surface area contributed by atoms with Gasteiger partial charge in [-0.1, -0.05) is 54.6 Å². The molecule has 47 heavy (non-hydrogen) atoms. The van der Waals surface area contributed by atoms with E-state index in [0.29, 0.717) is 11.8 Å². The van der Waals surface area contributed by atoms with Crippen molar-refractivity contribution < 1.29 is 0 Å². The third-order valence-electron chi connectivity index (χ3n) is 10.2. The molecule has 250 valence electrons. The first-order valence-corrected chi connectivity index (χ1v) is 17.8. The number of para-hydroxylation sites is 4. The van der Waals surface area contributed by atoms with Crippen LogP contribution in [0, 0.1) is 11.8 Å². The molecular formula is C39H52N6O2. The van der Waals surface area contributed by atoms with Gasteiger partial charge in [0, 0.05) is 45.8 Å². The van der Waals surface area contributed by atoms with Crippen LogP contribution in [0.5, 0.6) is 0 Å². The van der Waals surface area contributed by atoms with Crippen LogP contribution in [-0.2, 0) is 32.6 Å². The fraction of sp³-hybridized carbons (Fsp3) is 0.487. The minimum atomic E-state index is 0.139. The Bertz CT molecular complexity index is 1870. The molecule has 7 rings (SSSR count). The quantitative estimate of drug-likeness (QED) is 0.201. The minimum absolute atomic E-state index is 0.139. The molecule has 2 aromatic heterocycles. The number of likely N-dealkylation sites (tertiary alicyclic amines) is 2. The number of hydrogen-bond donors (Lipinski definition) is 0. The molecule has 8 heteroatoms. The van der Waals surface area contributed by atoms with Crippen molar-refractivity contribution in [2.45, 2.75) is 72.1 Å². The Morgan fingerprint density at radius 1 is 0.596 bits per heavy atom. The van der Waals surface area contributed by atoms with Crippen molar-refractivity contribution in [3.05, 3.63) is 105 Å². The van der Waals surface area contributed by atoms with Crippen molar-refractivity contribution in [3.63, 3.8) is 0 Å². The molecule has 2 aliphatic rings. The molecule has 2 atom stereocenters. The predicted octanol–water partition coefficient (Wildman–Crippen LogP) is 5.94. The summed E-state index contributed by atoms with van der Waals surface area (Å²) >= 11 is 0. The van der Waals surface area contributed by atoms with E-state index < -0.39 is 0 Å². The summed E-state index contributed by atoms with van der Waals surface area (Å²) in [6.45, 7) is 12.9. The van der Waals surface area contributed by atoms with Crippen molar-refractivity contribution in [1.29, 1.82) is 0 Å². The molecule has 2 fully saturated rings. The van der Waals surface area contributed by atoms with E-state index in [1.165, 1.54) is 44.3 Å². The molecule has 0 aliphatic carbocycles. The van der Waals surface area contributed by atoms with Gasteiger partial charge in [-0.25, -0.2) is 9.59 Å². The lowest BCUT2D eigenvalue weighted by Gasteiger charge is -2.32. The van der Waals surface area contributed by atoms with E-state index in [4.69, 9.17) is 0 Å². The van der Waals surface area contributed by atoms with Gasteiger partial charge in [0.2, 0.25) is 0 Å². The van der Waals surface area contributed by atoms with Crippen LogP contribution in [0.1, 0.15) is 45.1 Å². The second-order valence-electron chi connectivity index (χ2n) is 13.6. The fourth-order valence-electron chi connectivity index (χ4n) is 7.88. The van der Waals surface area contributed by atoms with Gasteiger partial charge < -0.3 is 9.80 Å². The van der Waals surface area contributed by atoms with Crippen molar-refractivity contribution in [3.8, 4) is 0 Å². The van der Waals surface area contributed by atoms with Crippen LogP contribution >= 0.6 is 0 Å². The highest BCUT2D eigenvalue weighted by molar-refractivity contribution is 5.76. The van der Waals surface area contributed by atoms with Gasteiger partial charge in [0.05, 0.1) is 22.1 Å². The van der Waals surface area contributed by atoms with Crippen molar-refractivity contribution in [2.24, 2.45) is 11.8 Å². The molecule has 2 saturated heterocycles. The lowest BCUT2D eigenvalue weighted by atomic mass is 9.97. The highest BCUT2D eigenvalue weighted by Gasteiger charge is 2.23. The van der Waals surface area contributed by atoms with E-state index in [1.54, 1.807) is 0 Å². The Morgan fingerprint density at radius 2 is 1.06 bits per heavy atom. The van der Waals surface area contributed by atoms with Crippen LogP contribution in [0.25, 0.3) is 22.1 Å². The molecule has 0 bridgehead atoms. The Hall–Kier alpha value is -3.88. The standard InChI is InChI=1S/C23H29N3O.C16H23N3O/c1-2-25-21-12-6-7-13-22(21)26(23(25)27)18-20-11-8-15-24(17-20)16-14-19-9-4-3-5-10-19;1-3-18-14-8-4-5-9-15(14)19(16(18)20)12-13-7-6-10-17(2)11-13/h3-7,9-10,12-13,20H,2,8,11,14-18H2,1H3;4-5,8-9,13H,3,6-7,10-12H2,1-2H3. The molecule has 0 spiro atoms. The summed E-state index contributed by atoms with van der Waals surface area (Å²) in [5.41, 5.74) is 5.95. The molecule has 8 nitrogen and oxygen atoms in total. The molecule has 0 amide bonds. The molecule has 0 saturated carbocycles.